The molecule has 1 N–H and O–H groups in total. The number of benzene rings is 3. The maximum Gasteiger partial charge on any atom is 0.260 e. The van der Waals surface area contributed by atoms with Gasteiger partial charge in [-0.2, -0.15) is 0 Å². The fourth-order valence-corrected chi connectivity index (χ4v) is 4.34. The molecule has 1 aliphatic rings. The number of piperazine rings is 1. The topological polar surface area (TPSA) is 34.0 Å². The molecule has 0 saturated carbocycles. The van der Waals surface area contributed by atoms with Gasteiger partial charge in [-0.25, -0.2) is 0 Å². The maximum absolute atomic E-state index is 12.7. The van der Waals surface area contributed by atoms with Crippen molar-refractivity contribution in [1.82, 2.24) is 4.90 Å². The average Bonchev–Trinajstić information content (AvgIpc) is 2.85. The Labute approximate surface area is 185 Å². The molecule has 0 atom stereocenters. The van der Waals surface area contributed by atoms with E-state index >= 15 is 0 Å². The van der Waals surface area contributed by atoms with Crippen molar-refractivity contribution < 1.29 is 14.4 Å². The van der Waals surface area contributed by atoms with Crippen LogP contribution in [0.2, 0.25) is 0 Å². The largest absolute Gasteiger partial charge is 0.484 e. The van der Waals surface area contributed by atoms with E-state index in [1.54, 1.807) is 0 Å². The summed E-state index contributed by atoms with van der Waals surface area (Å²) in [6, 6.07) is 29.7. The van der Waals surface area contributed by atoms with E-state index in [9.17, 15) is 4.79 Å². The summed E-state index contributed by atoms with van der Waals surface area (Å²) < 4.78 is 5.74. The Morgan fingerprint density at radius 3 is 1.94 bits per heavy atom. The molecule has 0 aliphatic carbocycles. The first-order valence-electron chi connectivity index (χ1n) is 11.2. The van der Waals surface area contributed by atoms with Gasteiger partial charge >= 0.3 is 0 Å². The van der Waals surface area contributed by atoms with Crippen molar-refractivity contribution in [3.05, 3.63) is 102 Å². The molecule has 4 nitrogen and oxygen atoms in total. The molecule has 1 fully saturated rings. The summed E-state index contributed by atoms with van der Waals surface area (Å²) in [5, 5.41) is 0. The van der Waals surface area contributed by atoms with Gasteiger partial charge in [0.2, 0.25) is 0 Å². The number of nitrogens with one attached hydrogen (secondary N) is 1. The van der Waals surface area contributed by atoms with Crippen LogP contribution in [0.4, 0.5) is 0 Å². The molecule has 3 aromatic carbocycles. The second kappa shape index (κ2) is 10.3. The van der Waals surface area contributed by atoms with Gasteiger partial charge < -0.3 is 14.5 Å². The first kappa shape index (κ1) is 21.1. The van der Waals surface area contributed by atoms with Crippen molar-refractivity contribution >= 4 is 5.91 Å². The highest BCUT2D eigenvalue weighted by Gasteiger charge is 2.31. The predicted molar refractivity (Wildman–Crippen MR) is 123 cm³/mol. The summed E-state index contributed by atoms with van der Waals surface area (Å²) in [7, 11) is 0. The molecule has 4 heteroatoms. The number of hydrogen-bond donors (Lipinski definition) is 1. The zero-order valence-corrected chi connectivity index (χ0v) is 18.2. The second-order valence-electron chi connectivity index (χ2n) is 8.08. The molecule has 1 saturated heterocycles. The molecule has 3 aromatic rings. The standard InChI is InChI=1S/C27H30N2O2/c1-2-22-13-15-25(16-14-22)31-21-26(30)28-17-19-29(20-18-28)27(23-9-5-3-6-10-23)24-11-7-4-8-12-24/h3-16,27H,2,17-21H2,1H3/p+1. The van der Waals surface area contributed by atoms with Gasteiger partial charge in [0.1, 0.15) is 11.8 Å². The number of hydrogen-bond acceptors (Lipinski definition) is 2. The summed E-state index contributed by atoms with van der Waals surface area (Å²) in [6.07, 6.45) is 0.999. The SMILES string of the molecule is CCc1ccc(OCC(=O)N2CC[NH+](C(c3ccccc3)c3ccccc3)CC2)cc1. The summed E-state index contributed by atoms with van der Waals surface area (Å²) in [5.41, 5.74) is 3.91. The molecule has 1 heterocycles. The van der Waals surface area contributed by atoms with Crippen molar-refractivity contribution in [1.29, 1.82) is 0 Å². The van der Waals surface area contributed by atoms with Crippen molar-refractivity contribution in [2.45, 2.75) is 19.4 Å². The van der Waals surface area contributed by atoms with Crippen LogP contribution in [0.3, 0.4) is 0 Å². The number of aryl methyl sites for hydroxylation is 1. The zero-order valence-electron chi connectivity index (χ0n) is 18.2. The molecule has 1 aliphatic heterocycles. The van der Waals surface area contributed by atoms with Crippen LogP contribution in [-0.2, 0) is 11.2 Å². The molecule has 0 spiro atoms. The Morgan fingerprint density at radius 1 is 0.871 bits per heavy atom. The van der Waals surface area contributed by atoms with Crippen LogP contribution in [0.5, 0.6) is 5.75 Å². The van der Waals surface area contributed by atoms with Crippen LogP contribution in [0.1, 0.15) is 29.7 Å². The lowest BCUT2D eigenvalue weighted by Crippen LogP contribution is -3.15. The number of carbonyl (C=O) groups excluding carboxylic acids is 1. The van der Waals surface area contributed by atoms with Crippen LogP contribution in [0.15, 0.2) is 84.9 Å². The Balaban J connectivity index is 1.36. The normalized spacial score (nSPS) is 14.6. The Bertz CT molecular complexity index is 910. The quantitative estimate of drug-likeness (QED) is 0.643. The summed E-state index contributed by atoms with van der Waals surface area (Å²) in [6.45, 7) is 5.57. The minimum atomic E-state index is 0.0644. The van der Waals surface area contributed by atoms with Crippen LogP contribution >= 0.6 is 0 Å². The molecule has 4 rings (SSSR count). The summed E-state index contributed by atoms with van der Waals surface area (Å²) in [4.78, 5) is 16.1. The molecule has 31 heavy (non-hydrogen) atoms. The molecule has 1 amide bonds. The zero-order chi connectivity index (χ0) is 21.5. The van der Waals surface area contributed by atoms with E-state index in [0.29, 0.717) is 0 Å². The lowest BCUT2D eigenvalue weighted by Gasteiger charge is -2.37. The number of amides is 1. The van der Waals surface area contributed by atoms with Crippen LogP contribution in [-0.4, -0.2) is 43.6 Å². The number of nitrogens with zero attached hydrogens (tertiary/aromatic N) is 1. The number of rotatable bonds is 7. The van der Waals surface area contributed by atoms with E-state index in [1.807, 2.05) is 17.0 Å². The van der Waals surface area contributed by atoms with Gasteiger partial charge in [-0.1, -0.05) is 79.7 Å². The van der Waals surface area contributed by atoms with E-state index in [2.05, 4.69) is 79.7 Å². The smallest absolute Gasteiger partial charge is 0.260 e. The maximum atomic E-state index is 12.7. The summed E-state index contributed by atoms with van der Waals surface area (Å²) >= 11 is 0. The molecule has 160 valence electrons. The fraction of sp³-hybridized carbons (Fsp3) is 0.296. The van der Waals surface area contributed by atoms with Gasteiger partial charge in [0.15, 0.2) is 6.61 Å². The number of ether oxygens (including phenoxy) is 1. The number of quaternary nitrogens is 1. The van der Waals surface area contributed by atoms with Crippen molar-refractivity contribution in [3.63, 3.8) is 0 Å². The van der Waals surface area contributed by atoms with Crippen LogP contribution < -0.4 is 9.64 Å². The molecular weight excluding hydrogens is 384 g/mol. The van der Waals surface area contributed by atoms with Crippen molar-refractivity contribution in [2.24, 2.45) is 0 Å². The fourth-order valence-electron chi connectivity index (χ4n) is 4.34. The molecule has 0 aromatic heterocycles. The average molecular weight is 416 g/mol. The molecule has 0 radical (unpaired) electrons. The Kier molecular flexibility index (Phi) is 7.00. The van der Waals surface area contributed by atoms with Gasteiger partial charge in [0.25, 0.3) is 5.91 Å². The highest BCUT2D eigenvalue weighted by molar-refractivity contribution is 5.77. The third kappa shape index (κ3) is 5.33. The number of carbonyl (C=O) groups is 1. The van der Waals surface area contributed by atoms with E-state index in [-0.39, 0.29) is 18.6 Å². The van der Waals surface area contributed by atoms with E-state index < -0.39 is 0 Å². The molecule has 0 unspecified atom stereocenters. The third-order valence-corrected chi connectivity index (χ3v) is 6.13. The second-order valence-corrected chi connectivity index (χ2v) is 8.08. The first-order chi connectivity index (χ1) is 15.2. The van der Waals surface area contributed by atoms with Gasteiger partial charge in [0.05, 0.1) is 26.2 Å². The van der Waals surface area contributed by atoms with Gasteiger partial charge in [-0.3, -0.25) is 4.79 Å². The predicted octanol–water partition coefficient (Wildman–Crippen LogP) is 3.14. The van der Waals surface area contributed by atoms with E-state index in [4.69, 9.17) is 4.74 Å². The first-order valence-corrected chi connectivity index (χ1v) is 11.2. The van der Waals surface area contributed by atoms with E-state index in [0.717, 1.165) is 38.3 Å². The van der Waals surface area contributed by atoms with Crippen molar-refractivity contribution in [2.75, 3.05) is 32.8 Å². The van der Waals surface area contributed by atoms with Crippen LogP contribution in [0, 0.1) is 0 Å². The highest BCUT2D eigenvalue weighted by Crippen LogP contribution is 2.19. The molecule has 0 bridgehead atoms. The van der Waals surface area contributed by atoms with E-state index in [1.165, 1.54) is 21.6 Å². The van der Waals surface area contributed by atoms with Gasteiger partial charge in [-0.05, 0) is 24.1 Å². The minimum Gasteiger partial charge on any atom is -0.484 e. The van der Waals surface area contributed by atoms with Gasteiger partial charge in [0, 0.05) is 11.1 Å². The van der Waals surface area contributed by atoms with Crippen molar-refractivity contribution in [3.8, 4) is 5.75 Å². The van der Waals surface area contributed by atoms with Crippen LogP contribution in [0.25, 0.3) is 0 Å². The minimum absolute atomic E-state index is 0.0644. The Morgan fingerprint density at radius 2 is 1.42 bits per heavy atom. The monoisotopic (exact) mass is 415 g/mol. The highest BCUT2D eigenvalue weighted by atomic mass is 16.5. The Hall–Kier alpha value is -3.11. The lowest BCUT2D eigenvalue weighted by atomic mass is 9.96. The summed E-state index contributed by atoms with van der Waals surface area (Å²) in [5.74, 6) is 0.817. The van der Waals surface area contributed by atoms with Gasteiger partial charge in [-0.15, -0.1) is 0 Å². The lowest BCUT2D eigenvalue weighted by molar-refractivity contribution is -0.929. The third-order valence-electron chi connectivity index (χ3n) is 6.13. The molecular formula is C27H31N2O2+.